The van der Waals surface area contributed by atoms with Crippen LogP contribution in [0.3, 0.4) is 0 Å². The van der Waals surface area contributed by atoms with Gasteiger partial charge >= 0.3 is 6.03 Å². The van der Waals surface area contributed by atoms with Gasteiger partial charge in [0.15, 0.2) is 0 Å². The number of rotatable bonds is 6. The first-order chi connectivity index (χ1) is 13.5. The molecule has 0 aromatic heterocycles. The van der Waals surface area contributed by atoms with E-state index in [0.29, 0.717) is 12.8 Å². The Balaban J connectivity index is 1.54. The Morgan fingerprint density at radius 3 is 2.39 bits per heavy atom. The lowest BCUT2D eigenvalue weighted by molar-refractivity contribution is -0.139. The van der Waals surface area contributed by atoms with Crippen LogP contribution < -0.4 is 10.7 Å². The Morgan fingerprint density at radius 1 is 1.07 bits per heavy atom. The summed E-state index contributed by atoms with van der Waals surface area (Å²) in [4.78, 5) is 39.6. The summed E-state index contributed by atoms with van der Waals surface area (Å²) >= 11 is 0. The van der Waals surface area contributed by atoms with Crippen LogP contribution in [0.4, 0.5) is 4.79 Å². The maximum absolute atomic E-state index is 12.8. The van der Waals surface area contributed by atoms with Crippen LogP contribution >= 0.6 is 0 Å². The van der Waals surface area contributed by atoms with E-state index in [1.807, 2.05) is 30.3 Å². The normalized spacial score (nSPS) is 23.8. The highest BCUT2D eigenvalue weighted by molar-refractivity contribution is 6.07. The molecule has 2 aliphatic rings. The van der Waals surface area contributed by atoms with E-state index >= 15 is 0 Å². The van der Waals surface area contributed by atoms with Gasteiger partial charge in [-0.05, 0) is 51.3 Å². The first kappa shape index (κ1) is 20.3. The van der Waals surface area contributed by atoms with Crippen LogP contribution in [-0.2, 0) is 16.0 Å². The van der Waals surface area contributed by atoms with Crippen LogP contribution in [0, 0.1) is 0 Å². The lowest BCUT2D eigenvalue weighted by atomic mass is 9.93. The second kappa shape index (κ2) is 9.19. The standard InChI is InChI=1S/C21H30N4O3/c1-21(13-12-17-10-6-5-7-11-17)19(27)25(20(28)22-21)23-18(26)16-24-14-8-3-2-4-9-15-24/h5-7,10-11H,2-4,8-9,12-16H2,1H3,(H,22,28)(H,23,26)/t21-/m0/s1. The number of nitrogens with one attached hydrogen (secondary N) is 2. The van der Waals surface area contributed by atoms with Crippen molar-refractivity contribution in [1.82, 2.24) is 20.7 Å². The lowest BCUT2D eigenvalue weighted by Gasteiger charge is -2.25. The second-order valence-electron chi connectivity index (χ2n) is 7.97. The average molecular weight is 386 g/mol. The number of likely N-dealkylation sites (tertiary alicyclic amines) is 1. The van der Waals surface area contributed by atoms with Crippen molar-refractivity contribution in [1.29, 1.82) is 0 Å². The minimum Gasteiger partial charge on any atom is -0.322 e. The molecule has 0 radical (unpaired) electrons. The van der Waals surface area contributed by atoms with Crippen LogP contribution in [-0.4, -0.2) is 52.9 Å². The predicted octanol–water partition coefficient (Wildman–Crippen LogP) is 2.23. The van der Waals surface area contributed by atoms with Crippen molar-refractivity contribution >= 4 is 17.8 Å². The average Bonchev–Trinajstić information content (AvgIpc) is 2.87. The number of hydrogen-bond donors (Lipinski definition) is 2. The van der Waals surface area contributed by atoms with Gasteiger partial charge in [-0.25, -0.2) is 4.79 Å². The number of carbonyl (C=O) groups is 3. The van der Waals surface area contributed by atoms with Gasteiger partial charge in [-0.1, -0.05) is 49.6 Å². The molecular formula is C21H30N4O3. The Labute approximate surface area is 166 Å². The summed E-state index contributed by atoms with van der Waals surface area (Å²) in [6, 6.07) is 9.26. The highest BCUT2D eigenvalue weighted by Gasteiger charge is 2.48. The highest BCUT2D eigenvalue weighted by Crippen LogP contribution is 2.22. The van der Waals surface area contributed by atoms with Gasteiger partial charge in [-0.2, -0.15) is 5.01 Å². The smallest absolute Gasteiger partial charge is 0.322 e. The molecule has 7 nitrogen and oxygen atoms in total. The van der Waals surface area contributed by atoms with Gasteiger partial charge in [0.25, 0.3) is 11.8 Å². The number of urea groups is 1. The molecule has 28 heavy (non-hydrogen) atoms. The third-order valence-corrected chi connectivity index (χ3v) is 5.57. The van der Waals surface area contributed by atoms with Gasteiger partial charge in [-0.3, -0.25) is 19.9 Å². The number of aryl methyl sites for hydroxylation is 1. The number of imide groups is 1. The number of benzene rings is 1. The monoisotopic (exact) mass is 386 g/mol. The molecule has 1 atom stereocenters. The largest absolute Gasteiger partial charge is 0.344 e. The van der Waals surface area contributed by atoms with Gasteiger partial charge in [-0.15, -0.1) is 0 Å². The van der Waals surface area contributed by atoms with Crippen molar-refractivity contribution in [3.05, 3.63) is 35.9 Å². The second-order valence-corrected chi connectivity index (χ2v) is 7.97. The van der Waals surface area contributed by atoms with E-state index in [2.05, 4.69) is 15.6 Å². The third-order valence-electron chi connectivity index (χ3n) is 5.57. The van der Waals surface area contributed by atoms with Crippen molar-refractivity contribution in [2.24, 2.45) is 0 Å². The van der Waals surface area contributed by atoms with Gasteiger partial charge in [0, 0.05) is 0 Å². The molecule has 1 aromatic carbocycles. The molecule has 2 heterocycles. The summed E-state index contributed by atoms with van der Waals surface area (Å²) in [5.41, 5.74) is 2.60. The number of hydrogen-bond acceptors (Lipinski definition) is 4. The van der Waals surface area contributed by atoms with Gasteiger partial charge in [0.05, 0.1) is 6.54 Å². The number of carbonyl (C=O) groups excluding carboxylic acids is 3. The summed E-state index contributed by atoms with van der Waals surface area (Å²) < 4.78 is 0. The third kappa shape index (κ3) is 5.10. The fourth-order valence-corrected chi connectivity index (χ4v) is 3.83. The maximum atomic E-state index is 12.8. The van der Waals surface area contributed by atoms with E-state index < -0.39 is 17.5 Å². The Kier molecular flexibility index (Phi) is 6.67. The van der Waals surface area contributed by atoms with Crippen LogP contribution in [0.15, 0.2) is 30.3 Å². The molecule has 0 spiro atoms. The van der Waals surface area contributed by atoms with E-state index in [9.17, 15) is 14.4 Å². The van der Waals surface area contributed by atoms with Crippen LogP contribution in [0.25, 0.3) is 0 Å². The predicted molar refractivity (Wildman–Crippen MR) is 106 cm³/mol. The number of hydrazine groups is 1. The molecule has 7 heteroatoms. The summed E-state index contributed by atoms with van der Waals surface area (Å²) in [6.07, 6.45) is 6.92. The maximum Gasteiger partial charge on any atom is 0.344 e. The van der Waals surface area contributed by atoms with Crippen molar-refractivity contribution in [2.75, 3.05) is 19.6 Å². The molecule has 4 amide bonds. The van der Waals surface area contributed by atoms with E-state index in [1.165, 1.54) is 19.3 Å². The van der Waals surface area contributed by atoms with Crippen LogP contribution in [0.1, 0.15) is 51.0 Å². The molecule has 2 N–H and O–H groups in total. The molecule has 1 aromatic rings. The number of nitrogens with zero attached hydrogens (tertiary/aromatic N) is 2. The van der Waals surface area contributed by atoms with Crippen molar-refractivity contribution < 1.29 is 14.4 Å². The first-order valence-corrected chi connectivity index (χ1v) is 10.2. The minimum absolute atomic E-state index is 0.206. The van der Waals surface area contributed by atoms with Crippen LogP contribution in [0.2, 0.25) is 0 Å². The first-order valence-electron chi connectivity index (χ1n) is 10.2. The molecule has 0 bridgehead atoms. The molecule has 2 aliphatic heterocycles. The number of amides is 4. The van der Waals surface area contributed by atoms with Crippen LogP contribution in [0.5, 0.6) is 0 Å². The van der Waals surface area contributed by atoms with E-state index in [0.717, 1.165) is 36.5 Å². The fraction of sp³-hybridized carbons (Fsp3) is 0.571. The van der Waals surface area contributed by atoms with E-state index in [4.69, 9.17) is 0 Å². The molecule has 0 aliphatic carbocycles. The Bertz CT molecular complexity index is 701. The zero-order valence-corrected chi connectivity index (χ0v) is 16.6. The lowest BCUT2D eigenvalue weighted by Crippen LogP contribution is -2.51. The molecular weight excluding hydrogens is 356 g/mol. The zero-order valence-electron chi connectivity index (χ0n) is 16.6. The Hall–Kier alpha value is -2.41. The SMILES string of the molecule is C[C@@]1(CCc2ccccc2)NC(=O)N(NC(=O)CN2CCCCCCC2)C1=O. The van der Waals surface area contributed by atoms with E-state index in [-0.39, 0.29) is 12.5 Å². The highest BCUT2D eigenvalue weighted by atomic mass is 16.2. The zero-order chi connectivity index (χ0) is 20.0. The van der Waals surface area contributed by atoms with Crippen molar-refractivity contribution in [2.45, 2.75) is 57.4 Å². The van der Waals surface area contributed by atoms with Crippen molar-refractivity contribution in [3.63, 3.8) is 0 Å². The summed E-state index contributed by atoms with van der Waals surface area (Å²) in [6.45, 7) is 3.67. The molecule has 0 unspecified atom stereocenters. The quantitative estimate of drug-likeness (QED) is 0.735. The Morgan fingerprint density at radius 2 is 1.71 bits per heavy atom. The molecule has 152 valence electrons. The summed E-state index contributed by atoms with van der Waals surface area (Å²) in [5.74, 6) is -0.731. The summed E-state index contributed by atoms with van der Waals surface area (Å²) in [5, 5.41) is 3.58. The van der Waals surface area contributed by atoms with Gasteiger partial charge in [0.2, 0.25) is 0 Å². The van der Waals surface area contributed by atoms with Gasteiger partial charge in [0.1, 0.15) is 5.54 Å². The minimum atomic E-state index is -1.01. The molecule has 2 saturated heterocycles. The topological polar surface area (TPSA) is 81.8 Å². The molecule has 3 rings (SSSR count). The van der Waals surface area contributed by atoms with E-state index in [1.54, 1.807) is 6.92 Å². The fourth-order valence-electron chi connectivity index (χ4n) is 3.83. The molecule has 2 fully saturated rings. The molecule has 0 saturated carbocycles. The summed E-state index contributed by atoms with van der Waals surface area (Å²) in [7, 11) is 0. The van der Waals surface area contributed by atoms with Crippen molar-refractivity contribution in [3.8, 4) is 0 Å². The van der Waals surface area contributed by atoms with Gasteiger partial charge < -0.3 is 5.32 Å².